The number of rotatable bonds is 6. The fraction of sp³-hybridized carbons (Fsp3) is 0.900. The summed E-state index contributed by atoms with van der Waals surface area (Å²) in [5.41, 5.74) is -0.822. The molecule has 2 N–H and O–H groups in total. The maximum Gasteiger partial charge on any atom is 0.323 e. The number of nitrogens with one attached hydrogen (secondary N) is 1. The van der Waals surface area contributed by atoms with Crippen molar-refractivity contribution in [3.05, 3.63) is 0 Å². The molecular formula is C10H19NO3S. The van der Waals surface area contributed by atoms with Crippen LogP contribution in [0.3, 0.4) is 0 Å². The minimum absolute atomic E-state index is 0.326. The first-order valence-electron chi connectivity index (χ1n) is 5.13. The molecule has 1 fully saturated rings. The third kappa shape index (κ3) is 3.36. The maximum atomic E-state index is 11.1. The van der Waals surface area contributed by atoms with Crippen molar-refractivity contribution in [1.29, 1.82) is 0 Å². The van der Waals surface area contributed by atoms with E-state index in [2.05, 4.69) is 12.2 Å². The lowest BCUT2D eigenvalue weighted by molar-refractivity contribution is -0.144. The second-order valence-corrected chi connectivity index (χ2v) is 5.94. The molecule has 0 aliphatic carbocycles. The van der Waals surface area contributed by atoms with Gasteiger partial charge in [-0.3, -0.25) is 4.79 Å². The van der Waals surface area contributed by atoms with Gasteiger partial charge in [-0.15, -0.1) is 0 Å². The van der Waals surface area contributed by atoms with Crippen molar-refractivity contribution in [3.63, 3.8) is 0 Å². The van der Waals surface area contributed by atoms with Gasteiger partial charge < -0.3 is 15.2 Å². The smallest absolute Gasteiger partial charge is 0.323 e. The van der Waals surface area contributed by atoms with Gasteiger partial charge in [0, 0.05) is 5.25 Å². The Morgan fingerprint density at radius 2 is 2.33 bits per heavy atom. The summed E-state index contributed by atoms with van der Waals surface area (Å²) in [6.45, 7) is 5.40. The quantitative estimate of drug-likeness (QED) is 0.715. The molecule has 5 heteroatoms. The van der Waals surface area contributed by atoms with Crippen LogP contribution in [0, 0.1) is 0 Å². The van der Waals surface area contributed by atoms with Crippen LogP contribution in [-0.4, -0.2) is 47.4 Å². The highest BCUT2D eigenvalue weighted by Gasteiger charge is 2.34. The van der Waals surface area contributed by atoms with Crippen molar-refractivity contribution in [2.45, 2.75) is 36.3 Å². The van der Waals surface area contributed by atoms with E-state index < -0.39 is 11.5 Å². The van der Waals surface area contributed by atoms with Crippen molar-refractivity contribution in [3.8, 4) is 0 Å². The molecule has 0 amide bonds. The molecule has 0 spiro atoms. The van der Waals surface area contributed by atoms with Gasteiger partial charge in [-0.1, -0.05) is 6.92 Å². The van der Waals surface area contributed by atoms with Gasteiger partial charge in [-0.2, -0.15) is 11.8 Å². The summed E-state index contributed by atoms with van der Waals surface area (Å²) < 4.78 is 5.09. The minimum Gasteiger partial charge on any atom is -0.480 e. The highest BCUT2D eigenvalue weighted by atomic mass is 32.2. The molecule has 1 saturated heterocycles. The van der Waals surface area contributed by atoms with Gasteiger partial charge in [0.2, 0.25) is 0 Å². The van der Waals surface area contributed by atoms with Gasteiger partial charge >= 0.3 is 5.97 Å². The van der Waals surface area contributed by atoms with Crippen molar-refractivity contribution in [1.82, 2.24) is 5.32 Å². The molecule has 0 aromatic carbocycles. The number of thioether (sulfide) groups is 1. The van der Waals surface area contributed by atoms with E-state index in [4.69, 9.17) is 9.84 Å². The molecule has 2 unspecified atom stereocenters. The summed E-state index contributed by atoms with van der Waals surface area (Å²) in [5.74, 6) is -0.790. The Morgan fingerprint density at radius 1 is 1.73 bits per heavy atom. The molecule has 0 saturated carbocycles. The molecule has 1 aliphatic rings. The first-order valence-corrected chi connectivity index (χ1v) is 6.07. The molecule has 0 aromatic rings. The lowest BCUT2D eigenvalue weighted by Crippen LogP contribution is -2.49. The van der Waals surface area contributed by atoms with E-state index in [0.717, 1.165) is 13.2 Å². The Labute approximate surface area is 94.8 Å². The van der Waals surface area contributed by atoms with Crippen LogP contribution in [0.5, 0.6) is 0 Å². The van der Waals surface area contributed by atoms with E-state index in [-0.39, 0.29) is 0 Å². The largest absolute Gasteiger partial charge is 0.480 e. The molecule has 2 atom stereocenters. The van der Waals surface area contributed by atoms with E-state index in [1.54, 1.807) is 14.0 Å². The van der Waals surface area contributed by atoms with E-state index in [1.165, 1.54) is 0 Å². The van der Waals surface area contributed by atoms with Gasteiger partial charge in [-0.25, -0.2) is 0 Å². The summed E-state index contributed by atoms with van der Waals surface area (Å²) in [4.78, 5) is 11.1. The van der Waals surface area contributed by atoms with E-state index in [1.807, 2.05) is 11.8 Å². The molecule has 88 valence electrons. The topological polar surface area (TPSA) is 58.6 Å². The normalized spacial score (nSPS) is 22.9. The number of hydrogen-bond donors (Lipinski definition) is 2. The zero-order chi connectivity index (χ0) is 11.5. The van der Waals surface area contributed by atoms with E-state index >= 15 is 0 Å². The SMILES string of the molecule is CNC(C)(CC(C)SC1COC1)C(=O)O. The van der Waals surface area contributed by atoms with Gasteiger partial charge in [0.25, 0.3) is 0 Å². The lowest BCUT2D eigenvalue weighted by Gasteiger charge is -2.32. The number of carboxylic acid groups (broad SMARTS) is 1. The fourth-order valence-electron chi connectivity index (χ4n) is 1.54. The van der Waals surface area contributed by atoms with Crippen molar-refractivity contribution in [2.75, 3.05) is 20.3 Å². The van der Waals surface area contributed by atoms with E-state index in [0.29, 0.717) is 16.9 Å². The second kappa shape index (κ2) is 5.18. The molecule has 0 radical (unpaired) electrons. The first-order chi connectivity index (χ1) is 6.98. The number of likely N-dealkylation sites (N-methyl/N-ethyl adjacent to an activating group) is 1. The zero-order valence-electron chi connectivity index (χ0n) is 9.45. The van der Waals surface area contributed by atoms with Gasteiger partial charge in [0.1, 0.15) is 5.54 Å². The summed E-state index contributed by atoms with van der Waals surface area (Å²) in [7, 11) is 1.69. The minimum atomic E-state index is -0.822. The van der Waals surface area contributed by atoms with Crippen LogP contribution in [0.15, 0.2) is 0 Å². The number of ether oxygens (including phenoxy) is 1. The molecule has 0 bridgehead atoms. The summed E-state index contributed by atoms with van der Waals surface area (Å²) in [6.07, 6.45) is 0.625. The average Bonchev–Trinajstić information content (AvgIpc) is 2.11. The van der Waals surface area contributed by atoms with Crippen LogP contribution < -0.4 is 5.32 Å². The molecule has 0 aromatic heterocycles. The fourth-order valence-corrected chi connectivity index (χ4v) is 2.98. The Hall–Kier alpha value is -0.260. The predicted molar refractivity (Wildman–Crippen MR) is 61.4 cm³/mol. The van der Waals surface area contributed by atoms with Gasteiger partial charge in [-0.05, 0) is 20.4 Å². The second-order valence-electron chi connectivity index (χ2n) is 4.20. The van der Waals surface area contributed by atoms with Crippen LogP contribution in [-0.2, 0) is 9.53 Å². The van der Waals surface area contributed by atoms with E-state index in [9.17, 15) is 4.79 Å². The number of carboxylic acids is 1. The van der Waals surface area contributed by atoms with Crippen molar-refractivity contribution in [2.24, 2.45) is 0 Å². The lowest BCUT2D eigenvalue weighted by atomic mass is 9.96. The first kappa shape index (κ1) is 12.8. The highest BCUT2D eigenvalue weighted by Crippen LogP contribution is 2.28. The number of carbonyl (C=O) groups is 1. The summed E-state index contributed by atoms with van der Waals surface area (Å²) in [6, 6.07) is 0. The molecule has 15 heavy (non-hydrogen) atoms. The van der Waals surface area contributed by atoms with Crippen LogP contribution in [0.25, 0.3) is 0 Å². The monoisotopic (exact) mass is 233 g/mol. The third-order valence-electron chi connectivity index (χ3n) is 2.75. The Morgan fingerprint density at radius 3 is 2.67 bits per heavy atom. The van der Waals surface area contributed by atoms with Crippen molar-refractivity contribution >= 4 is 17.7 Å². The van der Waals surface area contributed by atoms with Crippen molar-refractivity contribution < 1.29 is 14.6 Å². The van der Waals surface area contributed by atoms with Crippen LogP contribution in [0.4, 0.5) is 0 Å². The van der Waals surface area contributed by atoms with Gasteiger partial charge in [0.05, 0.1) is 18.5 Å². The van der Waals surface area contributed by atoms with Crippen LogP contribution in [0.1, 0.15) is 20.3 Å². The number of hydrogen-bond acceptors (Lipinski definition) is 4. The highest BCUT2D eigenvalue weighted by molar-refractivity contribution is 8.00. The molecular weight excluding hydrogens is 214 g/mol. The zero-order valence-corrected chi connectivity index (χ0v) is 10.3. The van der Waals surface area contributed by atoms with Crippen LogP contribution in [0.2, 0.25) is 0 Å². The third-order valence-corrected chi connectivity index (χ3v) is 4.04. The maximum absolute atomic E-state index is 11.1. The van der Waals surface area contributed by atoms with Crippen LogP contribution >= 0.6 is 11.8 Å². The Balaban J connectivity index is 2.39. The summed E-state index contributed by atoms with van der Waals surface area (Å²) in [5, 5.41) is 12.8. The molecule has 1 rings (SSSR count). The van der Waals surface area contributed by atoms with Gasteiger partial charge in [0.15, 0.2) is 0 Å². The Kier molecular flexibility index (Phi) is 4.43. The number of aliphatic carboxylic acids is 1. The molecule has 1 aliphatic heterocycles. The standard InChI is InChI=1S/C10H19NO3S/c1-7(15-8-5-14-6-8)4-10(2,11-3)9(12)13/h7-8,11H,4-6H2,1-3H3,(H,12,13). The predicted octanol–water partition coefficient (Wildman–Crippen LogP) is 0.960. The molecule has 4 nitrogen and oxygen atoms in total. The Bertz CT molecular complexity index is 233. The average molecular weight is 233 g/mol. The summed E-state index contributed by atoms with van der Waals surface area (Å²) >= 11 is 1.82. The molecule has 1 heterocycles.